The maximum atomic E-state index is 12.1. The van der Waals surface area contributed by atoms with Gasteiger partial charge >= 0.3 is 0 Å². The van der Waals surface area contributed by atoms with Crippen LogP contribution < -0.4 is 10.6 Å². The number of halogens is 2. The molecule has 3 aromatic rings. The van der Waals surface area contributed by atoms with Crippen LogP contribution in [0.3, 0.4) is 0 Å². The number of hydrogen-bond acceptors (Lipinski definition) is 8. The number of aromatic nitrogens is 2. The number of non-ortho nitro benzene ring substituents is 1. The summed E-state index contributed by atoms with van der Waals surface area (Å²) in [4.78, 5) is 22.3. The summed E-state index contributed by atoms with van der Waals surface area (Å²) < 4.78 is 5.90. The number of hydrogen-bond donors (Lipinski definition) is 2. The summed E-state index contributed by atoms with van der Waals surface area (Å²) >= 11 is 10.2. The Morgan fingerprint density at radius 2 is 2.10 bits per heavy atom. The van der Waals surface area contributed by atoms with Gasteiger partial charge in [-0.25, -0.2) is 0 Å². The number of amides is 1. The van der Waals surface area contributed by atoms with Gasteiger partial charge in [-0.05, 0) is 40.2 Å². The van der Waals surface area contributed by atoms with Gasteiger partial charge < -0.3 is 15.1 Å². The van der Waals surface area contributed by atoms with Crippen LogP contribution in [-0.4, -0.2) is 26.8 Å². The van der Waals surface area contributed by atoms with Crippen LogP contribution in [0.4, 0.5) is 17.1 Å². The molecule has 0 aliphatic carbocycles. The lowest BCUT2D eigenvalue weighted by Gasteiger charge is -2.06. The Kier molecular flexibility index (Phi) is 7.07. The predicted octanol–water partition coefficient (Wildman–Crippen LogP) is 4.74. The molecule has 0 spiro atoms. The van der Waals surface area contributed by atoms with E-state index in [-0.39, 0.29) is 22.6 Å². The number of carbonyl (C=O) groups excluding carboxylic acids is 1. The normalized spacial score (nSPS) is 10.6. The number of anilines is 2. The summed E-state index contributed by atoms with van der Waals surface area (Å²) in [7, 11) is 0. The van der Waals surface area contributed by atoms with E-state index < -0.39 is 4.92 Å². The molecule has 2 aromatic carbocycles. The summed E-state index contributed by atoms with van der Waals surface area (Å²) in [5, 5.41) is 25.2. The van der Waals surface area contributed by atoms with Crippen molar-refractivity contribution in [3.05, 3.63) is 68.0 Å². The quantitative estimate of drug-likeness (QED) is 0.259. The van der Waals surface area contributed by atoms with Crippen LogP contribution in [0, 0.1) is 10.1 Å². The molecule has 2 N–H and O–H groups in total. The van der Waals surface area contributed by atoms with Crippen molar-refractivity contribution in [3.63, 3.8) is 0 Å². The second-order valence-corrected chi connectivity index (χ2v) is 7.80. The van der Waals surface area contributed by atoms with Gasteiger partial charge in [-0.3, -0.25) is 14.9 Å². The first kappa shape index (κ1) is 21.1. The SMILES string of the molecule is O=C(CSc1nnc(CNc2cccc(Cl)c2)o1)Nc1ccc([N+](=O)[O-])cc1Br. The van der Waals surface area contributed by atoms with Crippen molar-refractivity contribution in [2.45, 2.75) is 11.8 Å². The largest absolute Gasteiger partial charge is 0.414 e. The average Bonchev–Trinajstić information content (AvgIpc) is 3.14. The number of carbonyl (C=O) groups is 1. The highest BCUT2D eigenvalue weighted by molar-refractivity contribution is 9.10. The summed E-state index contributed by atoms with van der Waals surface area (Å²) in [6.45, 7) is 0.315. The molecule has 0 aliphatic heterocycles. The molecule has 0 unspecified atom stereocenters. The molecule has 29 heavy (non-hydrogen) atoms. The number of benzene rings is 2. The van der Waals surface area contributed by atoms with Crippen molar-refractivity contribution in [2.75, 3.05) is 16.4 Å². The Bertz CT molecular complexity index is 1050. The molecule has 1 amide bonds. The van der Waals surface area contributed by atoms with Crippen LogP contribution >= 0.6 is 39.3 Å². The lowest BCUT2D eigenvalue weighted by molar-refractivity contribution is -0.384. The van der Waals surface area contributed by atoms with Crippen LogP contribution in [-0.2, 0) is 11.3 Å². The molecule has 9 nitrogen and oxygen atoms in total. The van der Waals surface area contributed by atoms with E-state index in [1.165, 1.54) is 18.2 Å². The highest BCUT2D eigenvalue weighted by atomic mass is 79.9. The number of nitro groups is 1. The van der Waals surface area contributed by atoms with E-state index in [0.717, 1.165) is 17.4 Å². The molecule has 0 radical (unpaired) electrons. The van der Waals surface area contributed by atoms with Crippen LogP contribution in [0.2, 0.25) is 5.02 Å². The first-order valence-electron chi connectivity index (χ1n) is 8.09. The molecule has 0 atom stereocenters. The Labute approximate surface area is 182 Å². The minimum Gasteiger partial charge on any atom is -0.414 e. The van der Waals surface area contributed by atoms with Gasteiger partial charge in [0.2, 0.25) is 11.8 Å². The van der Waals surface area contributed by atoms with E-state index in [2.05, 4.69) is 36.8 Å². The number of thioether (sulfide) groups is 1. The number of rotatable bonds is 8. The zero-order valence-electron chi connectivity index (χ0n) is 14.6. The Morgan fingerprint density at radius 1 is 1.28 bits per heavy atom. The van der Waals surface area contributed by atoms with E-state index >= 15 is 0 Å². The zero-order chi connectivity index (χ0) is 20.8. The predicted molar refractivity (Wildman–Crippen MR) is 113 cm³/mol. The fraction of sp³-hybridized carbons (Fsp3) is 0.118. The van der Waals surface area contributed by atoms with Crippen LogP contribution in [0.5, 0.6) is 0 Å². The van der Waals surface area contributed by atoms with Gasteiger partial charge in [0.1, 0.15) is 0 Å². The van der Waals surface area contributed by atoms with E-state index in [1.807, 2.05) is 12.1 Å². The van der Waals surface area contributed by atoms with Crippen LogP contribution in [0.15, 0.2) is 56.6 Å². The fourth-order valence-corrected chi connectivity index (χ4v) is 3.41. The third-order valence-electron chi connectivity index (χ3n) is 3.48. The van der Waals surface area contributed by atoms with Gasteiger partial charge in [-0.2, -0.15) is 0 Å². The number of nitrogens with one attached hydrogen (secondary N) is 2. The second kappa shape index (κ2) is 9.72. The van der Waals surface area contributed by atoms with Gasteiger partial charge in [-0.1, -0.05) is 29.4 Å². The van der Waals surface area contributed by atoms with E-state index in [9.17, 15) is 14.9 Å². The molecule has 0 fully saturated rings. The highest BCUT2D eigenvalue weighted by Crippen LogP contribution is 2.27. The maximum Gasteiger partial charge on any atom is 0.277 e. The van der Waals surface area contributed by atoms with Gasteiger partial charge in [0, 0.05) is 27.3 Å². The molecular weight excluding hydrogens is 486 g/mol. The highest BCUT2D eigenvalue weighted by Gasteiger charge is 2.13. The molecular formula is C17H13BrClN5O4S. The van der Waals surface area contributed by atoms with Crippen molar-refractivity contribution in [2.24, 2.45) is 0 Å². The molecule has 1 aromatic heterocycles. The van der Waals surface area contributed by atoms with Gasteiger partial charge in [0.05, 0.1) is 22.9 Å². The van der Waals surface area contributed by atoms with Crippen molar-refractivity contribution in [1.29, 1.82) is 0 Å². The van der Waals surface area contributed by atoms with E-state index in [0.29, 0.717) is 27.6 Å². The van der Waals surface area contributed by atoms with E-state index in [4.69, 9.17) is 16.0 Å². The van der Waals surface area contributed by atoms with Crippen molar-refractivity contribution in [3.8, 4) is 0 Å². The van der Waals surface area contributed by atoms with Gasteiger partial charge in [-0.15, -0.1) is 10.2 Å². The number of nitro benzene ring substituents is 1. The first-order chi connectivity index (χ1) is 13.9. The topological polar surface area (TPSA) is 123 Å². The average molecular weight is 499 g/mol. The van der Waals surface area contributed by atoms with Gasteiger partial charge in [0.25, 0.3) is 10.9 Å². The minimum absolute atomic E-state index is 0.0345. The van der Waals surface area contributed by atoms with Crippen molar-refractivity contribution >= 4 is 62.3 Å². The summed E-state index contributed by atoms with van der Waals surface area (Å²) in [5.41, 5.74) is 1.17. The smallest absolute Gasteiger partial charge is 0.277 e. The maximum absolute atomic E-state index is 12.1. The zero-order valence-corrected chi connectivity index (χ0v) is 17.8. The standard InChI is InChI=1S/C17H13BrClN5O4S/c18-13-7-12(24(26)27)4-5-14(13)21-15(25)9-29-17-23-22-16(28-17)8-20-11-3-1-2-10(19)6-11/h1-7,20H,8-9H2,(H,21,25). The molecule has 12 heteroatoms. The first-order valence-corrected chi connectivity index (χ1v) is 10.2. The second-order valence-electron chi connectivity index (χ2n) is 5.58. The molecule has 0 saturated heterocycles. The Hall–Kier alpha value is -2.63. The molecule has 0 saturated carbocycles. The van der Waals surface area contributed by atoms with E-state index in [1.54, 1.807) is 12.1 Å². The Morgan fingerprint density at radius 3 is 2.83 bits per heavy atom. The summed E-state index contributed by atoms with van der Waals surface area (Å²) in [6, 6.07) is 11.3. The summed E-state index contributed by atoms with van der Waals surface area (Å²) in [5.74, 6) is 0.0830. The fourth-order valence-electron chi connectivity index (χ4n) is 2.18. The molecule has 1 heterocycles. The van der Waals surface area contributed by atoms with Crippen molar-refractivity contribution < 1.29 is 14.1 Å². The van der Waals surface area contributed by atoms with Crippen LogP contribution in [0.1, 0.15) is 5.89 Å². The molecule has 0 bridgehead atoms. The third kappa shape index (κ3) is 6.17. The molecule has 0 aliphatic rings. The third-order valence-corrected chi connectivity index (χ3v) is 5.19. The molecule has 3 rings (SSSR count). The van der Waals surface area contributed by atoms with Gasteiger partial charge in [0.15, 0.2) is 0 Å². The summed E-state index contributed by atoms with van der Waals surface area (Å²) in [6.07, 6.45) is 0. The van der Waals surface area contributed by atoms with Crippen LogP contribution in [0.25, 0.3) is 0 Å². The lowest BCUT2D eigenvalue weighted by atomic mass is 10.3. The lowest BCUT2D eigenvalue weighted by Crippen LogP contribution is -2.14. The number of nitrogens with zero attached hydrogens (tertiary/aromatic N) is 3. The van der Waals surface area contributed by atoms with Crippen molar-refractivity contribution in [1.82, 2.24) is 10.2 Å². The molecule has 150 valence electrons. The monoisotopic (exact) mass is 497 g/mol. The minimum atomic E-state index is -0.513. The Balaban J connectivity index is 1.49.